The minimum atomic E-state index is -0.378. The van der Waals surface area contributed by atoms with E-state index in [4.69, 9.17) is 4.74 Å². The Morgan fingerprint density at radius 2 is 2.00 bits per heavy atom. The zero-order valence-corrected chi connectivity index (χ0v) is 7.47. The van der Waals surface area contributed by atoms with Gasteiger partial charge in [0.25, 0.3) is 0 Å². The molecular formula is C9H12FNO. The molecule has 2 nitrogen and oxygen atoms in total. The first-order valence-corrected chi connectivity index (χ1v) is 3.77. The third-order valence-electron chi connectivity index (χ3n) is 1.10. The molecule has 0 aliphatic rings. The van der Waals surface area contributed by atoms with E-state index in [2.05, 4.69) is 4.98 Å². The smallest absolute Gasteiger partial charge is 0.145 e. The number of aromatic nitrogens is 1. The van der Waals surface area contributed by atoms with Crippen molar-refractivity contribution >= 4 is 0 Å². The molecule has 0 N–H and O–H groups in total. The van der Waals surface area contributed by atoms with Crippen molar-refractivity contribution in [2.75, 3.05) is 0 Å². The second-order valence-corrected chi connectivity index (χ2v) is 3.55. The van der Waals surface area contributed by atoms with Crippen molar-refractivity contribution in [3.05, 3.63) is 24.3 Å². The van der Waals surface area contributed by atoms with Crippen LogP contribution in [-0.2, 0) is 0 Å². The van der Waals surface area contributed by atoms with E-state index in [9.17, 15) is 4.39 Å². The lowest BCUT2D eigenvalue weighted by atomic mass is 10.2. The Balaban J connectivity index is 2.77. The number of ether oxygens (including phenoxy) is 1. The number of halogens is 1. The van der Waals surface area contributed by atoms with Crippen molar-refractivity contribution in [1.29, 1.82) is 0 Å². The maximum Gasteiger partial charge on any atom is 0.145 e. The fourth-order valence-electron chi connectivity index (χ4n) is 0.802. The molecular weight excluding hydrogens is 157 g/mol. The molecule has 0 bridgehead atoms. The molecule has 0 radical (unpaired) electrons. The predicted molar refractivity (Wildman–Crippen MR) is 44.6 cm³/mol. The average Bonchev–Trinajstić information content (AvgIpc) is 1.82. The van der Waals surface area contributed by atoms with Gasteiger partial charge in [0.15, 0.2) is 0 Å². The Morgan fingerprint density at radius 3 is 2.50 bits per heavy atom. The summed E-state index contributed by atoms with van der Waals surface area (Å²) in [5.74, 6) is 0.0826. The van der Waals surface area contributed by atoms with Crippen LogP contribution in [0.4, 0.5) is 4.39 Å². The number of pyridine rings is 1. The van der Waals surface area contributed by atoms with Crippen molar-refractivity contribution < 1.29 is 9.13 Å². The summed E-state index contributed by atoms with van der Waals surface area (Å²) in [6.07, 6.45) is 2.64. The van der Waals surface area contributed by atoms with Gasteiger partial charge in [-0.1, -0.05) is 0 Å². The highest BCUT2D eigenvalue weighted by Gasteiger charge is 2.11. The van der Waals surface area contributed by atoms with Gasteiger partial charge in [0.1, 0.15) is 17.2 Å². The number of hydrogen-bond donors (Lipinski definition) is 0. The van der Waals surface area contributed by atoms with Gasteiger partial charge in [-0.05, 0) is 20.8 Å². The van der Waals surface area contributed by atoms with Crippen LogP contribution < -0.4 is 4.74 Å². The van der Waals surface area contributed by atoms with Crippen LogP contribution in [0, 0.1) is 5.82 Å². The standard InChI is InChI=1S/C9H12FNO/c1-9(2,3)12-8-4-7(10)5-11-6-8/h4-6H,1-3H3. The number of nitrogens with zero attached hydrogens (tertiary/aromatic N) is 1. The van der Waals surface area contributed by atoms with E-state index >= 15 is 0 Å². The predicted octanol–water partition coefficient (Wildman–Crippen LogP) is 2.40. The van der Waals surface area contributed by atoms with E-state index in [0.717, 1.165) is 6.20 Å². The maximum atomic E-state index is 12.6. The summed E-state index contributed by atoms with van der Waals surface area (Å²) in [5, 5.41) is 0. The fraction of sp³-hybridized carbons (Fsp3) is 0.444. The first-order chi connectivity index (χ1) is 5.47. The Labute approximate surface area is 71.4 Å². The molecule has 0 spiro atoms. The van der Waals surface area contributed by atoms with Gasteiger partial charge in [0.05, 0.1) is 12.4 Å². The van der Waals surface area contributed by atoms with Crippen LogP contribution in [0.15, 0.2) is 18.5 Å². The van der Waals surface area contributed by atoms with E-state index in [-0.39, 0.29) is 11.4 Å². The Bertz CT molecular complexity index is 267. The van der Waals surface area contributed by atoms with Crippen LogP contribution in [0.1, 0.15) is 20.8 Å². The Morgan fingerprint density at radius 1 is 1.33 bits per heavy atom. The van der Waals surface area contributed by atoms with Crippen molar-refractivity contribution in [1.82, 2.24) is 4.98 Å². The summed E-state index contributed by atoms with van der Waals surface area (Å²) in [6, 6.07) is 1.32. The highest BCUT2D eigenvalue weighted by molar-refractivity contribution is 5.17. The second-order valence-electron chi connectivity index (χ2n) is 3.55. The van der Waals surface area contributed by atoms with Crippen LogP contribution in [0.2, 0.25) is 0 Å². The summed E-state index contributed by atoms with van der Waals surface area (Å²) in [6.45, 7) is 5.70. The fourth-order valence-corrected chi connectivity index (χ4v) is 0.802. The third kappa shape index (κ3) is 2.86. The largest absolute Gasteiger partial charge is 0.486 e. The molecule has 0 amide bonds. The van der Waals surface area contributed by atoms with Crippen molar-refractivity contribution in [3.8, 4) is 5.75 Å². The van der Waals surface area contributed by atoms with E-state index in [1.54, 1.807) is 0 Å². The molecule has 3 heteroatoms. The van der Waals surface area contributed by atoms with Crippen LogP contribution in [-0.4, -0.2) is 10.6 Å². The molecule has 0 aromatic carbocycles. The van der Waals surface area contributed by atoms with Gasteiger partial charge in [-0.2, -0.15) is 0 Å². The first-order valence-electron chi connectivity index (χ1n) is 3.77. The molecule has 0 unspecified atom stereocenters. The summed E-state index contributed by atoms with van der Waals surface area (Å²) in [5.41, 5.74) is -0.310. The first kappa shape index (κ1) is 8.97. The molecule has 0 aliphatic heterocycles. The monoisotopic (exact) mass is 169 g/mol. The van der Waals surface area contributed by atoms with Crippen molar-refractivity contribution in [2.45, 2.75) is 26.4 Å². The van der Waals surface area contributed by atoms with Crippen molar-refractivity contribution in [3.63, 3.8) is 0 Å². The quantitative estimate of drug-likeness (QED) is 0.644. The van der Waals surface area contributed by atoms with Gasteiger partial charge >= 0.3 is 0 Å². The summed E-state index contributed by atoms with van der Waals surface area (Å²) < 4.78 is 18.0. The van der Waals surface area contributed by atoms with Crippen LogP contribution in [0.25, 0.3) is 0 Å². The second kappa shape index (κ2) is 3.09. The van der Waals surface area contributed by atoms with Crippen LogP contribution >= 0.6 is 0 Å². The molecule has 1 rings (SSSR count). The van der Waals surface area contributed by atoms with Gasteiger partial charge in [-0.25, -0.2) is 4.39 Å². The minimum Gasteiger partial charge on any atom is -0.486 e. The molecule has 1 aromatic rings. The lowest BCUT2D eigenvalue weighted by Gasteiger charge is -2.20. The van der Waals surface area contributed by atoms with E-state index in [0.29, 0.717) is 5.75 Å². The highest BCUT2D eigenvalue weighted by Crippen LogP contribution is 2.16. The zero-order chi connectivity index (χ0) is 9.19. The molecule has 0 fully saturated rings. The van der Waals surface area contributed by atoms with Crippen LogP contribution in [0.3, 0.4) is 0 Å². The van der Waals surface area contributed by atoms with Gasteiger partial charge in [0.2, 0.25) is 0 Å². The Hall–Kier alpha value is -1.12. The maximum absolute atomic E-state index is 12.6. The lowest BCUT2D eigenvalue weighted by Crippen LogP contribution is -2.23. The molecule has 0 atom stereocenters. The third-order valence-corrected chi connectivity index (χ3v) is 1.10. The molecule has 0 aliphatic carbocycles. The SMILES string of the molecule is CC(C)(C)Oc1cncc(F)c1. The van der Waals surface area contributed by atoms with Gasteiger partial charge < -0.3 is 4.74 Å². The molecule has 0 saturated carbocycles. The Kier molecular flexibility index (Phi) is 2.31. The summed E-state index contributed by atoms with van der Waals surface area (Å²) >= 11 is 0. The number of rotatable bonds is 1. The molecule has 0 saturated heterocycles. The zero-order valence-electron chi connectivity index (χ0n) is 7.47. The topological polar surface area (TPSA) is 22.1 Å². The van der Waals surface area contributed by atoms with Crippen LogP contribution in [0.5, 0.6) is 5.75 Å². The number of hydrogen-bond acceptors (Lipinski definition) is 2. The van der Waals surface area contributed by atoms with Gasteiger partial charge in [0, 0.05) is 6.07 Å². The normalized spacial score (nSPS) is 11.3. The summed E-state index contributed by atoms with van der Waals surface area (Å²) in [7, 11) is 0. The molecule has 66 valence electrons. The minimum absolute atomic E-state index is 0.310. The van der Waals surface area contributed by atoms with E-state index in [1.807, 2.05) is 20.8 Å². The van der Waals surface area contributed by atoms with Gasteiger partial charge in [-0.3, -0.25) is 4.98 Å². The summed E-state index contributed by atoms with van der Waals surface area (Å²) in [4.78, 5) is 3.67. The van der Waals surface area contributed by atoms with E-state index in [1.165, 1.54) is 12.3 Å². The molecule has 1 heterocycles. The highest BCUT2D eigenvalue weighted by atomic mass is 19.1. The van der Waals surface area contributed by atoms with Crippen molar-refractivity contribution in [2.24, 2.45) is 0 Å². The molecule has 12 heavy (non-hydrogen) atoms. The van der Waals surface area contributed by atoms with Gasteiger partial charge in [-0.15, -0.1) is 0 Å². The lowest BCUT2D eigenvalue weighted by molar-refractivity contribution is 0.130. The molecule has 1 aromatic heterocycles. The van der Waals surface area contributed by atoms with E-state index < -0.39 is 0 Å². The average molecular weight is 169 g/mol.